The van der Waals surface area contributed by atoms with Gasteiger partial charge < -0.3 is 15.2 Å². The molecular weight excluding hydrogens is 388 g/mol. The SMILES string of the molecule is CC1(C)OCC([N+](=O)[O-])([N+](=O)Nc2nonc2[N+](=O)Nc2nonc2N)CO1. The maximum atomic E-state index is 12.5. The summed E-state index contributed by atoms with van der Waals surface area (Å²) in [5.41, 5.74) is 7.17. The molecule has 0 radical (unpaired) electrons. The van der Waals surface area contributed by atoms with Crippen molar-refractivity contribution >= 4 is 23.3 Å². The molecule has 0 saturated carbocycles. The van der Waals surface area contributed by atoms with Crippen LogP contribution >= 0.6 is 0 Å². The maximum absolute atomic E-state index is 12.5. The molecule has 0 bridgehead atoms. The van der Waals surface area contributed by atoms with E-state index in [9.17, 15) is 19.9 Å². The molecular formula is C10H14N10O8+2. The Morgan fingerprint density at radius 2 is 1.61 bits per heavy atom. The summed E-state index contributed by atoms with van der Waals surface area (Å²) in [6, 6.07) is 0. The van der Waals surface area contributed by atoms with Crippen molar-refractivity contribution in [2.45, 2.75) is 25.3 Å². The predicted molar refractivity (Wildman–Crippen MR) is 82.9 cm³/mol. The zero-order chi connectivity index (χ0) is 20.5. The molecule has 0 spiro atoms. The normalized spacial score (nSPS) is 17.6. The summed E-state index contributed by atoms with van der Waals surface area (Å²) in [6.45, 7) is 1.85. The van der Waals surface area contributed by atoms with E-state index in [0.29, 0.717) is 0 Å². The van der Waals surface area contributed by atoms with E-state index in [0.717, 1.165) is 0 Å². The van der Waals surface area contributed by atoms with E-state index in [1.165, 1.54) is 13.8 Å². The number of nitrogen functional groups attached to an aromatic ring is 1. The van der Waals surface area contributed by atoms with Crippen LogP contribution in [-0.2, 0) is 9.47 Å². The standard InChI is InChI=1S/C10H14N10O8/c1-9(2)25-3-10(4-26-9,20(23)24)19(22)13-7-8(17-28-16-7)18(21)12-6-5(11)14-27-15-6/h3-4H2,1-2H3,(H2,11,14)(H,12,15,21)(H,13,16,22)/q+2. The molecule has 150 valence electrons. The molecule has 0 amide bonds. The van der Waals surface area contributed by atoms with Crippen molar-refractivity contribution in [1.82, 2.24) is 20.6 Å². The number of nitrogens with one attached hydrogen (secondary N) is 2. The van der Waals surface area contributed by atoms with Crippen molar-refractivity contribution < 1.29 is 33.4 Å². The molecule has 1 aliphatic rings. The van der Waals surface area contributed by atoms with Crippen LogP contribution in [0.4, 0.5) is 23.3 Å². The maximum Gasteiger partial charge on any atom is 0.522 e. The van der Waals surface area contributed by atoms with Gasteiger partial charge in [-0.05, 0) is 29.1 Å². The van der Waals surface area contributed by atoms with Crippen LogP contribution in [0.5, 0.6) is 0 Å². The van der Waals surface area contributed by atoms with Crippen molar-refractivity contribution in [2.24, 2.45) is 0 Å². The topological polar surface area (TPSA) is 230 Å². The third-order valence-electron chi connectivity index (χ3n) is 3.61. The lowest BCUT2D eigenvalue weighted by Crippen LogP contribution is -2.62. The zero-order valence-corrected chi connectivity index (χ0v) is 14.4. The molecule has 4 N–H and O–H groups in total. The van der Waals surface area contributed by atoms with Crippen LogP contribution in [-0.4, -0.2) is 60.0 Å². The van der Waals surface area contributed by atoms with Crippen molar-refractivity contribution in [3.63, 3.8) is 0 Å². The first kappa shape index (κ1) is 19.0. The summed E-state index contributed by atoms with van der Waals surface area (Å²) in [5, 5.41) is 24.7. The van der Waals surface area contributed by atoms with E-state index in [2.05, 4.69) is 35.3 Å². The number of ether oxygens (including phenoxy) is 2. The third-order valence-corrected chi connectivity index (χ3v) is 3.61. The van der Waals surface area contributed by atoms with Crippen molar-refractivity contribution in [2.75, 3.05) is 29.8 Å². The lowest BCUT2D eigenvalue weighted by Gasteiger charge is -2.32. The first-order valence-electron chi connectivity index (χ1n) is 7.45. The molecule has 0 aliphatic carbocycles. The highest BCUT2D eigenvalue weighted by atomic mass is 16.7. The molecule has 0 aromatic carbocycles. The van der Waals surface area contributed by atoms with E-state index in [4.69, 9.17) is 15.2 Å². The average Bonchev–Trinajstić information content (AvgIpc) is 3.24. The summed E-state index contributed by atoms with van der Waals surface area (Å²) in [6.07, 6.45) is 0. The van der Waals surface area contributed by atoms with Crippen LogP contribution in [0.1, 0.15) is 13.8 Å². The molecule has 3 rings (SSSR count). The third kappa shape index (κ3) is 3.40. The Balaban J connectivity index is 1.77. The number of nitroso groups, excluding NO2 is 2. The number of hydrogen-bond acceptors (Lipinski definition) is 13. The number of aromatic nitrogens is 4. The Morgan fingerprint density at radius 1 is 1.00 bits per heavy atom. The lowest BCUT2D eigenvalue weighted by atomic mass is 10.2. The van der Waals surface area contributed by atoms with Crippen molar-refractivity contribution in [1.29, 1.82) is 0 Å². The van der Waals surface area contributed by atoms with Crippen molar-refractivity contribution in [3.05, 3.63) is 19.9 Å². The quantitative estimate of drug-likeness (QED) is 0.226. The van der Waals surface area contributed by atoms with Gasteiger partial charge in [0.1, 0.15) is 9.79 Å². The van der Waals surface area contributed by atoms with Crippen LogP contribution in [0.25, 0.3) is 0 Å². The van der Waals surface area contributed by atoms with Crippen LogP contribution in [0.15, 0.2) is 9.26 Å². The van der Waals surface area contributed by atoms with E-state index < -0.39 is 41.2 Å². The summed E-state index contributed by atoms with van der Waals surface area (Å²) in [5.74, 6) is -2.73. The number of hydrogen-bond donors (Lipinski definition) is 3. The molecule has 1 saturated heterocycles. The molecule has 0 atom stereocenters. The highest BCUT2D eigenvalue weighted by Crippen LogP contribution is 2.28. The Hall–Kier alpha value is -3.80. The second kappa shape index (κ2) is 6.74. The minimum Gasteiger partial charge on any atom is -0.378 e. The van der Waals surface area contributed by atoms with Gasteiger partial charge in [0.05, 0.1) is 4.91 Å². The smallest absolute Gasteiger partial charge is 0.378 e. The van der Waals surface area contributed by atoms with Gasteiger partial charge in [0.25, 0.3) is 5.82 Å². The number of anilines is 3. The molecule has 18 nitrogen and oxygen atoms in total. The fourth-order valence-corrected chi connectivity index (χ4v) is 1.97. The Bertz CT molecular complexity index is 911. The van der Waals surface area contributed by atoms with Gasteiger partial charge in [-0.1, -0.05) is 5.43 Å². The largest absolute Gasteiger partial charge is 0.522 e. The molecule has 1 aliphatic heterocycles. The Labute approximate surface area is 153 Å². The minimum absolute atomic E-state index is 0.0294. The molecule has 2 aromatic heterocycles. The Kier molecular flexibility index (Phi) is 4.56. The highest BCUT2D eigenvalue weighted by Gasteiger charge is 2.65. The van der Waals surface area contributed by atoms with Gasteiger partial charge in [-0.25, -0.2) is 4.63 Å². The molecule has 2 aromatic rings. The first-order valence-corrected chi connectivity index (χ1v) is 7.45. The highest BCUT2D eigenvalue weighted by molar-refractivity contribution is 5.53. The number of nitro groups is 1. The molecule has 0 unspecified atom stereocenters. The Morgan fingerprint density at radius 3 is 2.18 bits per heavy atom. The summed E-state index contributed by atoms with van der Waals surface area (Å²) < 4.78 is 19.1. The van der Waals surface area contributed by atoms with E-state index in [1.54, 1.807) is 0 Å². The van der Waals surface area contributed by atoms with Gasteiger partial charge in [-0.3, -0.25) is 10.1 Å². The predicted octanol–water partition coefficient (Wildman–Crippen LogP) is -0.666. The fraction of sp³-hybridized carbons (Fsp3) is 0.600. The lowest BCUT2D eigenvalue weighted by molar-refractivity contribution is -0.823. The molecule has 28 heavy (non-hydrogen) atoms. The van der Waals surface area contributed by atoms with Gasteiger partial charge in [0.15, 0.2) is 24.2 Å². The van der Waals surface area contributed by atoms with Gasteiger partial charge in [-0.2, -0.15) is 5.43 Å². The van der Waals surface area contributed by atoms with Crippen LogP contribution < -0.4 is 16.6 Å². The number of rotatable bonds is 7. The van der Waals surface area contributed by atoms with Crippen LogP contribution in [0.2, 0.25) is 0 Å². The fourth-order valence-electron chi connectivity index (χ4n) is 1.97. The molecule has 1 fully saturated rings. The second-order valence-electron chi connectivity index (χ2n) is 5.96. The molecule has 18 heteroatoms. The van der Waals surface area contributed by atoms with Crippen LogP contribution in [0, 0.1) is 19.9 Å². The number of nitrogens with two attached hydrogens (primary N) is 1. The van der Waals surface area contributed by atoms with E-state index in [-0.39, 0.29) is 21.4 Å². The number of nitrogens with zero attached hydrogens (tertiary/aromatic N) is 7. The molecule has 3 heterocycles. The van der Waals surface area contributed by atoms with Gasteiger partial charge in [0, 0.05) is 5.16 Å². The zero-order valence-electron chi connectivity index (χ0n) is 14.4. The average molecular weight is 402 g/mol. The van der Waals surface area contributed by atoms with Gasteiger partial charge in [-0.15, -0.1) is 4.63 Å². The van der Waals surface area contributed by atoms with Gasteiger partial charge >= 0.3 is 17.3 Å². The summed E-state index contributed by atoms with van der Waals surface area (Å²) in [7, 11) is 0. The van der Waals surface area contributed by atoms with E-state index in [1.807, 2.05) is 5.43 Å². The first-order chi connectivity index (χ1) is 13.1. The number of hydrazine groups is 2. The van der Waals surface area contributed by atoms with E-state index >= 15 is 0 Å². The monoisotopic (exact) mass is 402 g/mol. The van der Waals surface area contributed by atoms with Crippen molar-refractivity contribution in [3.8, 4) is 0 Å². The summed E-state index contributed by atoms with van der Waals surface area (Å²) >= 11 is 0. The second-order valence-corrected chi connectivity index (χ2v) is 5.96. The minimum atomic E-state index is -2.35. The van der Waals surface area contributed by atoms with Crippen LogP contribution in [0.3, 0.4) is 0 Å². The summed E-state index contributed by atoms with van der Waals surface area (Å²) in [4.78, 5) is 35.0. The van der Waals surface area contributed by atoms with Gasteiger partial charge in [0.2, 0.25) is 10.7 Å².